The summed E-state index contributed by atoms with van der Waals surface area (Å²) >= 11 is 0. The predicted molar refractivity (Wildman–Crippen MR) is 99.5 cm³/mol. The summed E-state index contributed by atoms with van der Waals surface area (Å²) in [7, 11) is 0. The Balaban J connectivity index is 1.60. The standard InChI is InChI=1S/C20H15N3O3/c24-20(17-5-1-2-7-18(17)23(25)26)22-21-12-15-11-10-14-9-8-13-4-3-6-16(15)19(13)14/h1-7,10-12H,8-9H2,(H,22,24)/b21-12-. The second-order valence-corrected chi connectivity index (χ2v) is 6.13. The Morgan fingerprint density at radius 3 is 2.62 bits per heavy atom. The lowest BCUT2D eigenvalue weighted by Crippen LogP contribution is -2.19. The zero-order valence-electron chi connectivity index (χ0n) is 13.8. The van der Waals surface area contributed by atoms with Gasteiger partial charge in [0.25, 0.3) is 11.6 Å². The van der Waals surface area contributed by atoms with Crippen LogP contribution in [0, 0.1) is 10.1 Å². The summed E-state index contributed by atoms with van der Waals surface area (Å²) < 4.78 is 0. The molecule has 6 heteroatoms. The zero-order chi connectivity index (χ0) is 18.1. The number of benzene rings is 3. The summed E-state index contributed by atoms with van der Waals surface area (Å²) in [5.41, 5.74) is 5.67. The van der Waals surface area contributed by atoms with Gasteiger partial charge >= 0.3 is 0 Å². The van der Waals surface area contributed by atoms with Gasteiger partial charge in [0.15, 0.2) is 0 Å². The lowest BCUT2D eigenvalue weighted by molar-refractivity contribution is -0.385. The van der Waals surface area contributed by atoms with Gasteiger partial charge in [0, 0.05) is 11.6 Å². The van der Waals surface area contributed by atoms with Crippen LogP contribution in [0.3, 0.4) is 0 Å². The molecule has 6 nitrogen and oxygen atoms in total. The Morgan fingerprint density at radius 2 is 1.81 bits per heavy atom. The van der Waals surface area contributed by atoms with Crippen molar-refractivity contribution in [3.63, 3.8) is 0 Å². The molecule has 0 saturated carbocycles. The number of hydrazone groups is 1. The van der Waals surface area contributed by atoms with E-state index in [2.05, 4.69) is 22.7 Å². The van der Waals surface area contributed by atoms with Crippen molar-refractivity contribution in [3.05, 3.63) is 87.0 Å². The Labute approximate surface area is 149 Å². The van der Waals surface area contributed by atoms with Crippen LogP contribution in [0.5, 0.6) is 0 Å². The number of nitrogens with one attached hydrogen (secondary N) is 1. The van der Waals surface area contributed by atoms with Gasteiger partial charge in [-0.05, 0) is 40.8 Å². The average molecular weight is 345 g/mol. The molecule has 0 aromatic heterocycles. The molecular weight excluding hydrogens is 330 g/mol. The smallest absolute Gasteiger partial charge is 0.267 e. The minimum Gasteiger partial charge on any atom is -0.267 e. The molecule has 128 valence electrons. The number of nitrogens with zero attached hydrogens (tertiary/aromatic N) is 2. The van der Waals surface area contributed by atoms with Crippen molar-refractivity contribution in [2.45, 2.75) is 12.8 Å². The summed E-state index contributed by atoms with van der Waals surface area (Å²) in [6.07, 6.45) is 3.66. The van der Waals surface area contributed by atoms with E-state index in [-0.39, 0.29) is 11.3 Å². The third kappa shape index (κ3) is 2.71. The molecule has 0 radical (unpaired) electrons. The SMILES string of the molecule is O=C(N/N=C\c1ccc2c3c(cccc13)CC2)c1ccccc1[N+](=O)[O-]. The quantitative estimate of drug-likeness (QED) is 0.445. The van der Waals surface area contributed by atoms with E-state index in [1.165, 1.54) is 34.7 Å². The first-order valence-electron chi connectivity index (χ1n) is 8.25. The molecule has 0 spiro atoms. The number of carbonyl (C=O) groups is 1. The van der Waals surface area contributed by atoms with Gasteiger partial charge in [-0.25, -0.2) is 5.43 Å². The highest BCUT2D eigenvalue weighted by atomic mass is 16.6. The molecule has 0 fully saturated rings. The summed E-state index contributed by atoms with van der Waals surface area (Å²) in [5.74, 6) is -0.612. The molecule has 3 aromatic rings. The fourth-order valence-electron chi connectivity index (χ4n) is 3.43. The number of nitro benzene ring substituents is 1. The van der Waals surface area contributed by atoms with Gasteiger partial charge in [-0.1, -0.05) is 42.5 Å². The maximum absolute atomic E-state index is 12.2. The number of hydrogen-bond acceptors (Lipinski definition) is 4. The van der Waals surface area contributed by atoms with Gasteiger partial charge in [0.1, 0.15) is 5.56 Å². The molecule has 0 atom stereocenters. The number of carbonyl (C=O) groups excluding carboxylic acids is 1. The van der Waals surface area contributed by atoms with Crippen molar-refractivity contribution in [2.24, 2.45) is 5.10 Å². The molecule has 1 aliphatic rings. The molecule has 1 amide bonds. The Kier molecular flexibility index (Phi) is 3.93. The van der Waals surface area contributed by atoms with E-state index >= 15 is 0 Å². The molecule has 0 bridgehead atoms. The summed E-state index contributed by atoms with van der Waals surface area (Å²) in [5, 5.41) is 17.4. The van der Waals surface area contributed by atoms with Crippen LogP contribution in [-0.4, -0.2) is 17.0 Å². The lowest BCUT2D eigenvalue weighted by atomic mass is 10.0. The number of para-hydroxylation sites is 1. The molecule has 0 heterocycles. The van der Waals surface area contributed by atoms with Crippen molar-refractivity contribution in [2.75, 3.05) is 0 Å². The Hall–Kier alpha value is -3.54. The largest absolute Gasteiger partial charge is 0.282 e. The van der Waals surface area contributed by atoms with Crippen LogP contribution in [0.2, 0.25) is 0 Å². The number of hydrogen-bond donors (Lipinski definition) is 1. The fourth-order valence-corrected chi connectivity index (χ4v) is 3.43. The van der Waals surface area contributed by atoms with E-state index in [1.807, 2.05) is 18.2 Å². The van der Waals surface area contributed by atoms with Crippen molar-refractivity contribution < 1.29 is 9.72 Å². The van der Waals surface area contributed by atoms with E-state index < -0.39 is 10.8 Å². The van der Waals surface area contributed by atoms with Crippen LogP contribution in [0.1, 0.15) is 27.0 Å². The maximum atomic E-state index is 12.2. The minimum atomic E-state index is -0.612. The van der Waals surface area contributed by atoms with Crippen molar-refractivity contribution >= 4 is 28.6 Å². The second-order valence-electron chi connectivity index (χ2n) is 6.13. The first-order chi connectivity index (χ1) is 12.6. The van der Waals surface area contributed by atoms with Gasteiger partial charge in [0.2, 0.25) is 0 Å². The van der Waals surface area contributed by atoms with Gasteiger partial charge in [-0.2, -0.15) is 5.10 Å². The van der Waals surface area contributed by atoms with Crippen LogP contribution < -0.4 is 5.43 Å². The predicted octanol–water partition coefficient (Wildman–Crippen LogP) is 3.61. The van der Waals surface area contributed by atoms with Crippen LogP contribution in [0.15, 0.2) is 59.7 Å². The monoisotopic (exact) mass is 345 g/mol. The number of nitro groups is 1. The molecule has 3 aromatic carbocycles. The second kappa shape index (κ2) is 6.40. The van der Waals surface area contributed by atoms with E-state index in [4.69, 9.17) is 0 Å². The summed E-state index contributed by atoms with van der Waals surface area (Å²) in [4.78, 5) is 22.7. The first kappa shape index (κ1) is 16.0. The van der Waals surface area contributed by atoms with Gasteiger partial charge in [-0.15, -0.1) is 0 Å². The maximum Gasteiger partial charge on any atom is 0.282 e. The average Bonchev–Trinajstić information content (AvgIpc) is 3.08. The van der Waals surface area contributed by atoms with Crippen LogP contribution >= 0.6 is 0 Å². The minimum absolute atomic E-state index is 0.0185. The van der Waals surface area contributed by atoms with Crippen molar-refractivity contribution in [1.29, 1.82) is 0 Å². The highest BCUT2D eigenvalue weighted by Gasteiger charge is 2.19. The van der Waals surface area contributed by atoms with Crippen LogP contribution in [0.25, 0.3) is 10.8 Å². The van der Waals surface area contributed by atoms with E-state index in [0.29, 0.717) is 0 Å². The highest BCUT2D eigenvalue weighted by molar-refractivity contribution is 6.04. The molecule has 0 saturated heterocycles. The van der Waals surface area contributed by atoms with Crippen molar-refractivity contribution in [3.8, 4) is 0 Å². The topological polar surface area (TPSA) is 84.6 Å². The van der Waals surface area contributed by atoms with E-state index in [0.717, 1.165) is 23.8 Å². The molecule has 26 heavy (non-hydrogen) atoms. The van der Waals surface area contributed by atoms with Gasteiger partial charge < -0.3 is 0 Å². The lowest BCUT2D eigenvalue weighted by Gasteiger charge is -2.05. The molecule has 1 N–H and O–H groups in total. The fraction of sp³-hybridized carbons (Fsp3) is 0.100. The Morgan fingerprint density at radius 1 is 1.04 bits per heavy atom. The zero-order valence-corrected chi connectivity index (χ0v) is 13.8. The van der Waals surface area contributed by atoms with E-state index in [1.54, 1.807) is 12.3 Å². The van der Waals surface area contributed by atoms with Crippen molar-refractivity contribution in [1.82, 2.24) is 5.43 Å². The number of rotatable bonds is 4. The normalized spacial score (nSPS) is 12.6. The Bertz CT molecular complexity index is 1060. The third-order valence-corrected chi connectivity index (χ3v) is 4.63. The molecule has 0 unspecified atom stereocenters. The molecule has 0 aliphatic heterocycles. The number of aryl methyl sites for hydroxylation is 2. The molecular formula is C20H15N3O3. The van der Waals surface area contributed by atoms with E-state index in [9.17, 15) is 14.9 Å². The molecule has 4 rings (SSSR count). The third-order valence-electron chi connectivity index (χ3n) is 4.63. The first-order valence-corrected chi connectivity index (χ1v) is 8.25. The van der Waals surface area contributed by atoms with Crippen LogP contribution in [0.4, 0.5) is 5.69 Å². The highest BCUT2D eigenvalue weighted by Crippen LogP contribution is 2.32. The molecule has 1 aliphatic carbocycles. The van der Waals surface area contributed by atoms with Crippen LogP contribution in [-0.2, 0) is 12.8 Å². The summed E-state index contributed by atoms with van der Waals surface area (Å²) in [6, 6.07) is 16.1. The van der Waals surface area contributed by atoms with Gasteiger partial charge in [-0.3, -0.25) is 14.9 Å². The van der Waals surface area contributed by atoms with Gasteiger partial charge in [0.05, 0.1) is 11.1 Å². The summed E-state index contributed by atoms with van der Waals surface area (Å²) in [6.45, 7) is 0. The number of amides is 1.